The summed E-state index contributed by atoms with van der Waals surface area (Å²) in [4.78, 5) is -0.236. The van der Waals surface area contributed by atoms with Gasteiger partial charge in [-0.3, -0.25) is 4.72 Å². The highest BCUT2D eigenvalue weighted by Gasteiger charge is 2.21. The minimum absolute atomic E-state index is 0.00605. The van der Waals surface area contributed by atoms with E-state index in [4.69, 9.17) is 5.73 Å². The van der Waals surface area contributed by atoms with E-state index in [2.05, 4.69) is 0 Å². The van der Waals surface area contributed by atoms with Crippen LogP contribution in [-0.2, 0) is 10.0 Å². The van der Waals surface area contributed by atoms with E-state index in [9.17, 15) is 17.2 Å². The molecule has 20 heavy (non-hydrogen) atoms. The Hall–Kier alpha value is -2.15. The molecule has 0 aliphatic rings. The number of para-hydroxylation sites is 1. The van der Waals surface area contributed by atoms with Gasteiger partial charge in [-0.1, -0.05) is 18.2 Å². The summed E-state index contributed by atoms with van der Waals surface area (Å²) in [5.41, 5.74) is 4.97. The third-order valence-corrected chi connectivity index (χ3v) is 4.15. The lowest BCUT2D eigenvalue weighted by molar-refractivity contribution is 0.579. The Bertz CT molecular complexity index is 761. The second kappa shape index (κ2) is 5.09. The van der Waals surface area contributed by atoms with Gasteiger partial charge in [0.05, 0.1) is 5.69 Å². The minimum atomic E-state index is -4.16. The van der Waals surface area contributed by atoms with Crippen LogP contribution >= 0.6 is 0 Å². The number of hydrogen-bond donors (Lipinski definition) is 2. The Kier molecular flexibility index (Phi) is 3.63. The van der Waals surface area contributed by atoms with Crippen LogP contribution in [0.3, 0.4) is 0 Å². The molecule has 106 valence electrons. The summed E-state index contributed by atoms with van der Waals surface area (Å²) >= 11 is 0. The molecular formula is C13H12F2N2O2S. The van der Waals surface area contributed by atoms with Crippen LogP contribution in [0.2, 0.25) is 0 Å². The zero-order chi connectivity index (χ0) is 14.9. The minimum Gasteiger partial charge on any atom is -0.398 e. The number of halogens is 2. The third kappa shape index (κ3) is 2.57. The monoisotopic (exact) mass is 298 g/mol. The molecule has 0 spiro atoms. The number of aryl methyl sites for hydroxylation is 1. The summed E-state index contributed by atoms with van der Waals surface area (Å²) in [7, 11) is -4.16. The summed E-state index contributed by atoms with van der Waals surface area (Å²) in [6.45, 7) is 1.41. The van der Waals surface area contributed by atoms with Gasteiger partial charge in [0.15, 0.2) is 5.82 Å². The van der Waals surface area contributed by atoms with Crippen LogP contribution in [-0.4, -0.2) is 8.42 Å². The molecule has 0 aliphatic heterocycles. The molecule has 4 nitrogen and oxygen atoms in total. The van der Waals surface area contributed by atoms with Crippen LogP contribution in [0.5, 0.6) is 0 Å². The molecule has 3 N–H and O–H groups in total. The van der Waals surface area contributed by atoms with Crippen LogP contribution in [0.4, 0.5) is 20.2 Å². The van der Waals surface area contributed by atoms with Crippen molar-refractivity contribution < 1.29 is 17.2 Å². The lowest BCUT2D eigenvalue weighted by Gasteiger charge is -2.12. The van der Waals surface area contributed by atoms with Gasteiger partial charge in [0.25, 0.3) is 10.0 Å². The number of nitrogens with one attached hydrogen (secondary N) is 1. The van der Waals surface area contributed by atoms with Crippen LogP contribution < -0.4 is 10.5 Å². The van der Waals surface area contributed by atoms with Gasteiger partial charge in [-0.25, -0.2) is 17.2 Å². The fourth-order valence-corrected chi connectivity index (χ4v) is 2.87. The van der Waals surface area contributed by atoms with E-state index >= 15 is 0 Å². The Balaban J connectivity index is 2.50. The van der Waals surface area contributed by atoms with Crippen molar-refractivity contribution in [2.24, 2.45) is 0 Å². The lowest BCUT2D eigenvalue weighted by Crippen LogP contribution is -2.17. The topological polar surface area (TPSA) is 72.2 Å². The maximum atomic E-state index is 13.8. The first-order valence-electron chi connectivity index (χ1n) is 5.65. The van der Waals surface area contributed by atoms with Crippen molar-refractivity contribution in [2.75, 3.05) is 10.5 Å². The smallest absolute Gasteiger partial charge is 0.264 e. The van der Waals surface area contributed by atoms with Gasteiger partial charge in [-0.15, -0.1) is 0 Å². The predicted octanol–water partition coefficient (Wildman–Crippen LogP) is 2.66. The molecule has 7 heteroatoms. The molecule has 0 heterocycles. The average molecular weight is 298 g/mol. The third-order valence-electron chi connectivity index (χ3n) is 2.73. The second-order valence-corrected chi connectivity index (χ2v) is 5.85. The van der Waals surface area contributed by atoms with E-state index in [1.165, 1.54) is 31.2 Å². The highest BCUT2D eigenvalue weighted by atomic mass is 32.2. The number of nitrogen functional groups attached to an aromatic ring is 1. The fraction of sp³-hybridized carbons (Fsp3) is 0.0769. The van der Waals surface area contributed by atoms with E-state index in [1.54, 1.807) is 6.07 Å². The van der Waals surface area contributed by atoms with Gasteiger partial charge in [0.2, 0.25) is 0 Å². The number of benzene rings is 2. The van der Waals surface area contributed by atoms with E-state index in [-0.39, 0.29) is 16.1 Å². The van der Waals surface area contributed by atoms with Crippen LogP contribution in [0.15, 0.2) is 41.3 Å². The van der Waals surface area contributed by atoms with Crippen molar-refractivity contribution in [3.8, 4) is 0 Å². The number of anilines is 2. The first-order valence-corrected chi connectivity index (χ1v) is 7.13. The lowest BCUT2D eigenvalue weighted by atomic mass is 10.2. The van der Waals surface area contributed by atoms with Crippen molar-refractivity contribution in [2.45, 2.75) is 11.8 Å². The van der Waals surface area contributed by atoms with Gasteiger partial charge in [0, 0.05) is 0 Å². The molecule has 0 unspecified atom stereocenters. The van der Waals surface area contributed by atoms with Crippen LogP contribution in [0.1, 0.15) is 5.56 Å². The first-order chi connectivity index (χ1) is 9.33. The van der Waals surface area contributed by atoms with Crippen molar-refractivity contribution >= 4 is 21.4 Å². The van der Waals surface area contributed by atoms with Crippen molar-refractivity contribution in [3.63, 3.8) is 0 Å². The van der Waals surface area contributed by atoms with E-state index < -0.39 is 27.3 Å². The summed E-state index contributed by atoms with van der Waals surface area (Å²) in [6.07, 6.45) is 0. The van der Waals surface area contributed by atoms with Crippen molar-refractivity contribution in [1.82, 2.24) is 0 Å². The molecule has 2 rings (SSSR count). The van der Waals surface area contributed by atoms with Crippen molar-refractivity contribution in [1.29, 1.82) is 0 Å². The molecule has 2 aromatic carbocycles. The number of nitrogens with two attached hydrogens (primary N) is 1. The molecule has 0 radical (unpaired) electrons. The Morgan fingerprint density at radius 1 is 1.10 bits per heavy atom. The largest absolute Gasteiger partial charge is 0.398 e. The maximum absolute atomic E-state index is 13.8. The predicted molar refractivity (Wildman–Crippen MR) is 72.8 cm³/mol. The van der Waals surface area contributed by atoms with E-state index in [1.807, 2.05) is 4.72 Å². The molecule has 0 aromatic heterocycles. The summed E-state index contributed by atoms with van der Waals surface area (Å²) < 4.78 is 53.5. The van der Waals surface area contributed by atoms with Gasteiger partial charge in [-0.05, 0) is 30.7 Å². The molecule has 0 bridgehead atoms. The molecule has 0 saturated carbocycles. The van der Waals surface area contributed by atoms with Gasteiger partial charge in [-0.2, -0.15) is 0 Å². The molecule has 0 saturated heterocycles. The Labute approximate surface area is 115 Å². The number of sulfonamides is 1. The molecule has 0 aliphatic carbocycles. The maximum Gasteiger partial charge on any atom is 0.264 e. The summed E-state index contributed by atoms with van der Waals surface area (Å²) in [5, 5.41) is 0. The van der Waals surface area contributed by atoms with E-state index in [0.717, 1.165) is 6.07 Å². The standard InChI is InChI=1S/C13H12F2N2O2S/c1-8-6-7-9(14)13(12(8)15)17-20(18,19)11-5-3-2-4-10(11)16/h2-7,17H,16H2,1H3. The highest BCUT2D eigenvalue weighted by molar-refractivity contribution is 7.92. The molecule has 2 aromatic rings. The summed E-state index contributed by atoms with van der Waals surface area (Å²) in [6, 6.07) is 7.88. The average Bonchev–Trinajstić information content (AvgIpc) is 2.39. The van der Waals surface area contributed by atoms with Gasteiger partial charge < -0.3 is 5.73 Å². The van der Waals surface area contributed by atoms with Crippen molar-refractivity contribution in [3.05, 3.63) is 53.6 Å². The fourth-order valence-electron chi connectivity index (χ4n) is 1.66. The van der Waals surface area contributed by atoms with Gasteiger partial charge >= 0.3 is 0 Å². The van der Waals surface area contributed by atoms with Crippen LogP contribution in [0, 0.1) is 18.6 Å². The van der Waals surface area contributed by atoms with E-state index in [0.29, 0.717) is 0 Å². The Morgan fingerprint density at radius 3 is 2.40 bits per heavy atom. The quantitative estimate of drug-likeness (QED) is 0.856. The molecular weight excluding hydrogens is 286 g/mol. The molecule has 0 fully saturated rings. The first kappa shape index (κ1) is 14.3. The SMILES string of the molecule is Cc1ccc(F)c(NS(=O)(=O)c2ccccc2N)c1F. The van der Waals surface area contributed by atoms with Crippen LogP contribution in [0.25, 0.3) is 0 Å². The highest BCUT2D eigenvalue weighted by Crippen LogP contribution is 2.26. The molecule has 0 amide bonds. The zero-order valence-electron chi connectivity index (χ0n) is 10.5. The number of rotatable bonds is 3. The number of hydrogen-bond acceptors (Lipinski definition) is 3. The van der Waals surface area contributed by atoms with Gasteiger partial charge in [0.1, 0.15) is 16.4 Å². The summed E-state index contributed by atoms with van der Waals surface area (Å²) in [5.74, 6) is -1.95. The molecule has 0 atom stereocenters. The Morgan fingerprint density at radius 2 is 1.75 bits per heavy atom. The second-order valence-electron chi connectivity index (χ2n) is 4.20. The normalized spacial score (nSPS) is 11.3. The zero-order valence-corrected chi connectivity index (χ0v) is 11.3.